The van der Waals surface area contributed by atoms with Gasteiger partial charge in [-0.3, -0.25) is 4.90 Å². The quantitative estimate of drug-likeness (QED) is 0.707. The molecule has 4 heteroatoms. The van der Waals surface area contributed by atoms with E-state index in [0.717, 1.165) is 43.7 Å². The van der Waals surface area contributed by atoms with Gasteiger partial charge < -0.3 is 9.64 Å². The largest absolute Gasteiger partial charge is 0.379 e. The molecule has 2 heterocycles. The normalized spacial score (nSPS) is 21.7. The Kier molecular flexibility index (Phi) is 7.03. The van der Waals surface area contributed by atoms with Crippen LogP contribution in [0.2, 0.25) is 5.02 Å². The van der Waals surface area contributed by atoms with Crippen LogP contribution in [0.1, 0.15) is 18.4 Å². The SMILES string of the molecule is Clc1ccc(-c2ccccc2CC2CCCN(CCN3CCOCC3)C2)cc1. The summed E-state index contributed by atoms with van der Waals surface area (Å²) in [6.07, 6.45) is 3.81. The van der Waals surface area contributed by atoms with E-state index < -0.39 is 0 Å². The molecule has 1 atom stereocenters. The molecule has 0 aliphatic carbocycles. The molecule has 2 fully saturated rings. The van der Waals surface area contributed by atoms with Gasteiger partial charge >= 0.3 is 0 Å². The van der Waals surface area contributed by atoms with Gasteiger partial charge in [-0.25, -0.2) is 0 Å². The van der Waals surface area contributed by atoms with Crippen LogP contribution in [0.15, 0.2) is 48.5 Å². The molecule has 3 nitrogen and oxygen atoms in total. The molecular weight excluding hydrogens is 368 g/mol. The lowest BCUT2D eigenvalue weighted by molar-refractivity contribution is 0.0308. The molecule has 2 aliphatic rings. The van der Waals surface area contributed by atoms with Crippen LogP contribution in [0, 0.1) is 5.92 Å². The van der Waals surface area contributed by atoms with Crippen LogP contribution >= 0.6 is 11.6 Å². The minimum atomic E-state index is 0.742. The summed E-state index contributed by atoms with van der Waals surface area (Å²) in [5.41, 5.74) is 4.08. The third-order valence-electron chi connectivity index (χ3n) is 6.12. The first-order chi connectivity index (χ1) is 13.8. The molecule has 2 aromatic carbocycles. The summed E-state index contributed by atoms with van der Waals surface area (Å²) in [6, 6.07) is 17.1. The number of rotatable bonds is 6. The highest BCUT2D eigenvalue weighted by molar-refractivity contribution is 6.30. The van der Waals surface area contributed by atoms with Gasteiger partial charge in [-0.1, -0.05) is 48.0 Å². The zero-order valence-electron chi connectivity index (χ0n) is 16.7. The van der Waals surface area contributed by atoms with Crippen molar-refractivity contribution in [2.75, 3.05) is 52.5 Å². The van der Waals surface area contributed by atoms with Crippen molar-refractivity contribution in [3.8, 4) is 11.1 Å². The Morgan fingerprint density at radius 3 is 2.46 bits per heavy atom. The Balaban J connectivity index is 1.36. The molecule has 150 valence electrons. The maximum Gasteiger partial charge on any atom is 0.0594 e. The number of benzene rings is 2. The summed E-state index contributed by atoms with van der Waals surface area (Å²) in [4.78, 5) is 5.22. The summed E-state index contributed by atoms with van der Waals surface area (Å²) in [6.45, 7) is 8.80. The summed E-state index contributed by atoms with van der Waals surface area (Å²) >= 11 is 6.08. The van der Waals surface area contributed by atoms with E-state index in [1.54, 1.807) is 0 Å². The molecule has 0 N–H and O–H groups in total. The minimum absolute atomic E-state index is 0.742. The number of halogens is 1. The van der Waals surface area contributed by atoms with E-state index in [9.17, 15) is 0 Å². The van der Waals surface area contributed by atoms with Gasteiger partial charge in [0.1, 0.15) is 0 Å². The van der Waals surface area contributed by atoms with E-state index in [0.29, 0.717) is 0 Å². The molecule has 0 spiro atoms. The van der Waals surface area contributed by atoms with Crippen molar-refractivity contribution in [2.45, 2.75) is 19.3 Å². The fourth-order valence-electron chi connectivity index (χ4n) is 4.55. The Morgan fingerprint density at radius 1 is 0.893 bits per heavy atom. The van der Waals surface area contributed by atoms with E-state index in [4.69, 9.17) is 16.3 Å². The van der Waals surface area contributed by atoms with Crippen molar-refractivity contribution in [1.29, 1.82) is 0 Å². The van der Waals surface area contributed by atoms with Crippen LogP contribution in [-0.4, -0.2) is 62.3 Å². The maximum absolute atomic E-state index is 6.08. The van der Waals surface area contributed by atoms with Gasteiger partial charge in [0.2, 0.25) is 0 Å². The smallest absolute Gasteiger partial charge is 0.0594 e. The van der Waals surface area contributed by atoms with E-state index in [-0.39, 0.29) is 0 Å². The molecule has 0 radical (unpaired) electrons. The van der Waals surface area contributed by atoms with Crippen molar-refractivity contribution in [3.05, 3.63) is 59.1 Å². The van der Waals surface area contributed by atoms with Gasteiger partial charge in [0, 0.05) is 37.7 Å². The molecule has 0 saturated carbocycles. The minimum Gasteiger partial charge on any atom is -0.379 e. The van der Waals surface area contributed by atoms with Crippen molar-refractivity contribution < 1.29 is 4.74 Å². The van der Waals surface area contributed by atoms with Crippen LogP contribution in [0.25, 0.3) is 11.1 Å². The number of ether oxygens (including phenoxy) is 1. The van der Waals surface area contributed by atoms with Crippen molar-refractivity contribution in [1.82, 2.24) is 9.80 Å². The van der Waals surface area contributed by atoms with Crippen LogP contribution in [-0.2, 0) is 11.2 Å². The topological polar surface area (TPSA) is 15.7 Å². The number of hydrogen-bond donors (Lipinski definition) is 0. The van der Waals surface area contributed by atoms with Crippen LogP contribution in [0.3, 0.4) is 0 Å². The molecule has 4 rings (SSSR count). The third kappa shape index (κ3) is 5.36. The summed E-state index contributed by atoms with van der Waals surface area (Å²) in [5.74, 6) is 0.742. The monoisotopic (exact) mass is 398 g/mol. The Labute approximate surface area is 174 Å². The van der Waals surface area contributed by atoms with E-state index in [1.165, 1.54) is 55.7 Å². The van der Waals surface area contributed by atoms with Gasteiger partial charge in [-0.2, -0.15) is 0 Å². The number of piperidine rings is 1. The van der Waals surface area contributed by atoms with E-state index in [1.807, 2.05) is 12.1 Å². The van der Waals surface area contributed by atoms with Crippen molar-refractivity contribution in [2.24, 2.45) is 5.92 Å². The average Bonchev–Trinajstić information content (AvgIpc) is 2.74. The third-order valence-corrected chi connectivity index (χ3v) is 6.37. The maximum atomic E-state index is 6.08. The molecule has 0 aromatic heterocycles. The Bertz CT molecular complexity index is 743. The lowest BCUT2D eigenvalue weighted by atomic mass is 9.88. The standard InChI is InChI=1S/C24H31ClN2O/c25-23-9-7-21(8-10-23)24-6-2-1-5-22(24)18-20-4-3-11-27(19-20)13-12-26-14-16-28-17-15-26/h1-2,5-10,20H,3-4,11-19H2. The predicted octanol–water partition coefficient (Wildman–Crippen LogP) is 4.59. The highest BCUT2D eigenvalue weighted by Gasteiger charge is 2.22. The fourth-order valence-corrected chi connectivity index (χ4v) is 4.67. The first-order valence-electron chi connectivity index (χ1n) is 10.6. The first kappa shape index (κ1) is 19.9. The van der Waals surface area contributed by atoms with Gasteiger partial charge in [0.15, 0.2) is 0 Å². The lowest BCUT2D eigenvalue weighted by Gasteiger charge is -2.35. The average molecular weight is 399 g/mol. The number of morpholine rings is 1. The van der Waals surface area contributed by atoms with Crippen LogP contribution < -0.4 is 0 Å². The summed E-state index contributed by atoms with van der Waals surface area (Å²) < 4.78 is 5.47. The summed E-state index contributed by atoms with van der Waals surface area (Å²) in [5, 5.41) is 0.796. The van der Waals surface area contributed by atoms with Gasteiger partial charge in [-0.05, 0) is 60.5 Å². The molecule has 0 bridgehead atoms. The zero-order chi connectivity index (χ0) is 19.2. The Hall–Kier alpha value is -1.39. The van der Waals surface area contributed by atoms with Gasteiger partial charge in [-0.15, -0.1) is 0 Å². The molecule has 1 unspecified atom stereocenters. The number of nitrogens with zero attached hydrogens (tertiary/aromatic N) is 2. The molecule has 2 aliphatic heterocycles. The molecule has 0 amide bonds. The molecule has 28 heavy (non-hydrogen) atoms. The predicted molar refractivity (Wildman–Crippen MR) is 117 cm³/mol. The Morgan fingerprint density at radius 2 is 1.64 bits per heavy atom. The molecule has 2 aromatic rings. The molecule has 2 saturated heterocycles. The second kappa shape index (κ2) is 9.89. The van der Waals surface area contributed by atoms with Gasteiger partial charge in [0.05, 0.1) is 13.2 Å². The number of likely N-dealkylation sites (tertiary alicyclic amines) is 1. The van der Waals surface area contributed by atoms with Crippen LogP contribution in [0.4, 0.5) is 0 Å². The van der Waals surface area contributed by atoms with Gasteiger partial charge in [0.25, 0.3) is 0 Å². The van der Waals surface area contributed by atoms with Crippen molar-refractivity contribution >= 4 is 11.6 Å². The highest BCUT2D eigenvalue weighted by Crippen LogP contribution is 2.29. The second-order valence-corrected chi connectivity index (χ2v) is 8.57. The van der Waals surface area contributed by atoms with E-state index in [2.05, 4.69) is 46.2 Å². The molecular formula is C24H31ClN2O. The first-order valence-corrected chi connectivity index (χ1v) is 11.0. The highest BCUT2D eigenvalue weighted by atomic mass is 35.5. The van der Waals surface area contributed by atoms with Crippen LogP contribution in [0.5, 0.6) is 0 Å². The number of hydrogen-bond acceptors (Lipinski definition) is 3. The lowest BCUT2D eigenvalue weighted by Crippen LogP contribution is -2.44. The summed E-state index contributed by atoms with van der Waals surface area (Å²) in [7, 11) is 0. The fraction of sp³-hybridized carbons (Fsp3) is 0.500. The zero-order valence-corrected chi connectivity index (χ0v) is 17.4. The second-order valence-electron chi connectivity index (χ2n) is 8.13. The van der Waals surface area contributed by atoms with E-state index >= 15 is 0 Å². The van der Waals surface area contributed by atoms with Crippen molar-refractivity contribution in [3.63, 3.8) is 0 Å².